The number of aromatic amines is 1. The topological polar surface area (TPSA) is 50.4 Å². The zero-order chi connectivity index (χ0) is 18.9. The van der Waals surface area contributed by atoms with E-state index in [0.717, 1.165) is 66.4 Å². The van der Waals surface area contributed by atoms with Gasteiger partial charge in [-0.25, -0.2) is 4.39 Å². The number of ether oxygens (including phenoxy) is 2. The minimum Gasteiger partial charge on any atom is -0.454 e. The van der Waals surface area contributed by atoms with E-state index in [0.29, 0.717) is 12.7 Å². The monoisotopic (exact) mass is 379 g/mol. The van der Waals surface area contributed by atoms with E-state index in [1.54, 1.807) is 18.3 Å². The molecule has 3 heterocycles. The number of nitrogens with one attached hydrogen (secondary N) is 1. The number of H-pyrrole nitrogens is 1. The Morgan fingerprint density at radius 1 is 1.18 bits per heavy atom. The number of aromatic nitrogens is 2. The van der Waals surface area contributed by atoms with Crippen LogP contribution in [0, 0.1) is 5.82 Å². The molecule has 0 amide bonds. The lowest BCUT2D eigenvalue weighted by Gasteiger charge is -2.33. The quantitative estimate of drug-likeness (QED) is 0.733. The van der Waals surface area contributed by atoms with Crippen LogP contribution in [0.2, 0.25) is 0 Å². The van der Waals surface area contributed by atoms with Crippen LogP contribution in [0.1, 0.15) is 30.0 Å². The number of para-hydroxylation sites is 1. The molecule has 0 bridgehead atoms. The number of hydrogen-bond donors (Lipinski definition) is 1. The normalized spacial score (nSPS) is 19.1. The van der Waals surface area contributed by atoms with Crippen molar-refractivity contribution in [2.75, 3.05) is 19.9 Å². The van der Waals surface area contributed by atoms with Gasteiger partial charge in [0.1, 0.15) is 5.82 Å². The zero-order valence-electron chi connectivity index (χ0n) is 15.5. The molecule has 0 saturated carbocycles. The molecule has 6 heteroatoms. The van der Waals surface area contributed by atoms with Crippen molar-refractivity contribution in [2.45, 2.75) is 25.3 Å². The summed E-state index contributed by atoms with van der Waals surface area (Å²) in [6, 6.07) is 12.8. The number of likely N-dealkylation sites (tertiary alicyclic amines) is 1. The van der Waals surface area contributed by atoms with Crippen molar-refractivity contribution in [1.29, 1.82) is 0 Å². The van der Waals surface area contributed by atoms with Crippen LogP contribution < -0.4 is 9.47 Å². The average Bonchev–Trinajstić information content (AvgIpc) is 3.38. The van der Waals surface area contributed by atoms with Crippen LogP contribution in [0.5, 0.6) is 11.5 Å². The second kappa shape index (κ2) is 7.28. The average molecular weight is 379 g/mol. The van der Waals surface area contributed by atoms with E-state index >= 15 is 0 Å². The number of halogens is 1. The van der Waals surface area contributed by atoms with Crippen LogP contribution in [0.4, 0.5) is 4.39 Å². The highest BCUT2D eigenvalue weighted by Gasteiger charge is 2.27. The van der Waals surface area contributed by atoms with Gasteiger partial charge in [0, 0.05) is 35.8 Å². The van der Waals surface area contributed by atoms with Gasteiger partial charge in [-0.1, -0.05) is 24.3 Å². The van der Waals surface area contributed by atoms with Crippen molar-refractivity contribution in [2.24, 2.45) is 0 Å². The van der Waals surface area contributed by atoms with Gasteiger partial charge in [-0.3, -0.25) is 10.00 Å². The molecule has 0 radical (unpaired) electrons. The second-order valence-corrected chi connectivity index (χ2v) is 7.43. The molecule has 2 aliphatic heterocycles. The molecule has 5 rings (SSSR count). The summed E-state index contributed by atoms with van der Waals surface area (Å²) >= 11 is 0. The van der Waals surface area contributed by atoms with Gasteiger partial charge < -0.3 is 9.47 Å². The first-order chi connectivity index (χ1) is 13.8. The summed E-state index contributed by atoms with van der Waals surface area (Å²) in [4.78, 5) is 2.45. The van der Waals surface area contributed by atoms with Crippen molar-refractivity contribution in [3.8, 4) is 22.6 Å². The fourth-order valence-electron chi connectivity index (χ4n) is 4.28. The van der Waals surface area contributed by atoms with Crippen LogP contribution >= 0.6 is 0 Å². The van der Waals surface area contributed by atoms with E-state index in [1.807, 2.05) is 18.2 Å². The number of nitrogens with zero attached hydrogens (tertiary/aromatic N) is 2. The number of hydrogen-bond acceptors (Lipinski definition) is 4. The molecule has 1 aromatic heterocycles. The van der Waals surface area contributed by atoms with Gasteiger partial charge in [-0.2, -0.15) is 5.10 Å². The maximum atomic E-state index is 13.7. The number of rotatable bonds is 4. The van der Waals surface area contributed by atoms with E-state index in [2.05, 4.69) is 21.2 Å². The molecule has 1 N–H and O–H groups in total. The first-order valence-corrected chi connectivity index (χ1v) is 9.67. The largest absolute Gasteiger partial charge is 0.454 e. The van der Waals surface area contributed by atoms with Crippen molar-refractivity contribution < 1.29 is 13.9 Å². The first kappa shape index (κ1) is 17.3. The summed E-state index contributed by atoms with van der Waals surface area (Å²) in [6.07, 6.45) is 4.00. The van der Waals surface area contributed by atoms with Crippen LogP contribution in [0.3, 0.4) is 0 Å². The molecule has 0 unspecified atom stereocenters. The fourth-order valence-corrected chi connectivity index (χ4v) is 4.28. The molecule has 0 aliphatic carbocycles. The molecular formula is C22H22FN3O2. The van der Waals surface area contributed by atoms with Gasteiger partial charge >= 0.3 is 0 Å². The van der Waals surface area contributed by atoms with Gasteiger partial charge in [-0.05, 0) is 43.1 Å². The molecule has 1 atom stereocenters. The Morgan fingerprint density at radius 3 is 3.04 bits per heavy atom. The summed E-state index contributed by atoms with van der Waals surface area (Å²) in [5, 5.41) is 7.43. The lowest BCUT2D eigenvalue weighted by Crippen LogP contribution is -2.34. The van der Waals surface area contributed by atoms with E-state index in [9.17, 15) is 4.39 Å². The summed E-state index contributed by atoms with van der Waals surface area (Å²) in [5.41, 5.74) is 4.11. The Hall–Kier alpha value is -2.86. The van der Waals surface area contributed by atoms with Crippen LogP contribution in [0.15, 0.2) is 48.7 Å². The Bertz CT molecular complexity index is 987. The van der Waals surface area contributed by atoms with E-state index in [4.69, 9.17) is 9.47 Å². The fraction of sp³-hybridized carbons (Fsp3) is 0.318. The lowest BCUT2D eigenvalue weighted by molar-refractivity contribution is 0.169. The molecular weight excluding hydrogens is 357 g/mol. The maximum Gasteiger partial charge on any atom is 0.231 e. The molecule has 2 aromatic carbocycles. The third kappa shape index (κ3) is 3.24. The number of piperidine rings is 1. The highest BCUT2D eigenvalue weighted by atomic mass is 19.1. The van der Waals surface area contributed by atoms with Crippen molar-refractivity contribution in [1.82, 2.24) is 15.1 Å². The van der Waals surface area contributed by atoms with Gasteiger partial charge in [0.05, 0.1) is 6.20 Å². The standard InChI is InChI=1S/C22H22FN3O2/c23-18-7-1-4-15(10-18)19-11-24-25-21(19)16-6-3-9-26(12-16)13-17-5-2-8-20-22(17)28-14-27-20/h1-2,4-5,7-8,10-11,16H,3,6,9,12-14H2,(H,24,25)/t16-/m1/s1. The molecule has 0 spiro atoms. The van der Waals surface area contributed by atoms with Crippen LogP contribution in [-0.4, -0.2) is 35.0 Å². The molecule has 5 nitrogen and oxygen atoms in total. The van der Waals surface area contributed by atoms with E-state index in [1.165, 1.54) is 6.07 Å². The second-order valence-electron chi connectivity index (χ2n) is 7.43. The Kier molecular flexibility index (Phi) is 4.49. The Labute approximate surface area is 163 Å². The highest BCUT2D eigenvalue weighted by molar-refractivity contribution is 5.66. The third-order valence-electron chi connectivity index (χ3n) is 5.59. The predicted octanol–water partition coefficient (Wildman–Crippen LogP) is 4.32. The molecule has 3 aromatic rings. The van der Waals surface area contributed by atoms with Crippen LogP contribution in [-0.2, 0) is 6.54 Å². The SMILES string of the molecule is Fc1cccc(-c2cn[nH]c2[C@@H]2CCCN(Cc3cccc4c3OCO4)C2)c1. The summed E-state index contributed by atoms with van der Waals surface area (Å²) < 4.78 is 24.8. The number of benzene rings is 2. The molecule has 144 valence electrons. The van der Waals surface area contributed by atoms with E-state index in [-0.39, 0.29) is 5.82 Å². The Morgan fingerprint density at radius 2 is 2.11 bits per heavy atom. The summed E-state index contributed by atoms with van der Waals surface area (Å²) in [7, 11) is 0. The minimum atomic E-state index is -0.227. The summed E-state index contributed by atoms with van der Waals surface area (Å²) in [5.74, 6) is 1.80. The third-order valence-corrected chi connectivity index (χ3v) is 5.59. The molecule has 2 aliphatic rings. The van der Waals surface area contributed by atoms with Crippen molar-refractivity contribution in [3.63, 3.8) is 0 Å². The highest BCUT2D eigenvalue weighted by Crippen LogP contribution is 2.38. The minimum absolute atomic E-state index is 0.227. The van der Waals surface area contributed by atoms with Crippen molar-refractivity contribution >= 4 is 0 Å². The Balaban J connectivity index is 1.36. The van der Waals surface area contributed by atoms with E-state index < -0.39 is 0 Å². The molecule has 1 saturated heterocycles. The van der Waals surface area contributed by atoms with Crippen LogP contribution in [0.25, 0.3) is 11.1 Å². The predicted molar refractivity (Wildman–Crippen MR) is 104 cm³/mol. The zero-order valence-corrected chi connectivity index (χ0v) is 15.5. The first-order valence-electron chi connectivity index (χ1n) is 9.67. The smallest absolute Gasteiger partial charge is 0.231 e. The van der Waals surface area contributed by atoms with Gasteiger partial charge in [0.25, 0.3) is 0 Å². The van der Waals surface area contributed by atoms with Gasteiger partial charge in [0.2, 0.25) is 6.79 Å². The van der Waals surface area contributed by atoms with Gasteiger partial charge in [0.15, 0.2) is 11.5 Å². The number of fused-ring (bicyclic) bond motifs is 1. The van der Waals surface area contributed by atoms with Gasteiger partial charge in [-0.15, -0.1) is 0 Å². The molecule has 1 fully saturated rings. The summed E-state index contributed by atoms with van der Waals surface area (Å²) in [6.45, 7) is 3.09. The molecule has 28 heavy (non-hydrogen) atoms. The maximum absolute atomic E-state index is 13.7. The van der Waals surface area contributed by atoms with Crippen molar-refractivity contribution in [3.05, 3.63) is 65.7 Å². The lowest BCUT2D eigenvalue weighted by atomic mass is 9.90.